The fourth-order valence-corrected chi connectivity index (χ4v) is 2.92. The Morgan fingerprint density at radius 3 is 2.42 bits per heavy atom. The molecular weight excluding hydrogens is 323 g/mol. The van der Waals surface area contributed by atoms with E-state index in [1.54, 1.807) is 19.0 Å². The maximum Gasteiger partial charge on any atom is 0.418 e. The first kappa shape index (κ1) is 18.4. The van der Waals surface area contributed by atoms with E-state index in [1.807, 2.05) is 0 Å². The number of aliphatic hydroxyl groups excluding tert-OH is 1. The Bertz CT molecular complexity index is 597. The second-order valence-electron chi connectivity index (χ2n) is 6.35. The summed E-state index contributed by atoms with van der Waals surface area (Å²) in [6, 6.07) is 2.99. The van der Waals surface area contributed by atoms with Gasteiger partial charge < -0.3 is 20.6 Å². The number of nitrogens with zero attached hydrogens (tertiary/aromatic N) is 1. The second-order valence-corrected chi connectivity index (χ2v) is 6.35. The van der Waals surface area contributed by atoms with Crippen LogP contribution < -0.4 is 15.5 Å². The molecule has 0 aromatic heterocycles. The zero-order valence-electron chi connectivity index (χ0n) is 13.7. The Kier molecular flexibility index (Phi) is 5.27. The topological polar surface area (TPSA) is 64.6 Å². The molecule has 3 N–H and O–H groups in total. The van der Waals surface area contributed by atoms with Crippen LogP contribution in [-0.4, -0.2) is 37.4 Å². The first-order valence-corrected chi connectivity index (χ1v) is 7.75. The summed E-state index contributed by atoms with van der Waals surface area (Å²) < 4.78 is 39.8. The van der Waals surface area contributed by atoms with E-state index in [2.05, 4.69) is 10.6 Å². The number of urea groups is 1. The summed E-state index contributed by atoms with van der Waals surface area (Å²) in [5.74, 6) is 0. The van der Waals surface area contributed by atoms with Crippen LogP contribution in [0, 0.1) is 0 Å². The highest BCUT2D eigenvalue weighted by Gasteiger charge is 2.37. The molecule has 0 atom stereocenters. The fourth-order valence-electron chi connectivity index (χ4n) is 2.92. The lowest BCUT2D eigenvalue weighted by molar-refractivity contribution is -0.136. The van der Waals surface area contributed by atoms with E-state index >= 15 is 0 Å². The van der Waals surface area contributed by atoms with Crippen LogP contribution in [0.3, 0.4) is 0 Å². The second kappa shape index (κ2) is 6.88. The average molecular weight is 345 g/mol. The molecule has 24 heavy (non-hydrogen) atoms. The van der Waals surface area contributed by atoms with Crippen molar-refractivity contribution in [3.8, 4) is 0 Å². The molecule has 1 aliphatic carbocycles. The van der Waals surface area contributed by atoms with Crippen LogP contribution >= 0.6 is 0 Å². The normalized spacial score (nSPS) is 16.8. The van der Waals surface area contributed by atoms with Gasteiger partial charge in [-0.2, -0.15) is 13.2 Å². The van der Waals surface area contributed by atoms with E-state index in [1.165, 1.54) is 12.1 Å². The van der Waals surface area contributed by atoms with Crippen molar-refractivity contribution in [2.45, 2.75) is 37.4 Å². The molecule has 8 heteroatoms. The number of carbonyl (C=O) groups is 1. The number of hydrogen-bond donors (Lipinski definition) is 3. The first-order valence-electron chi connectivity index (χ1n) is 7.75. The summed E-state index contributed by atoms with van der Waals surface area (Å²) in [6.45, 7) is -0.230. The van der Waals surface area contributed by atoms with Crippen LogP contribution in [0.25, 0.3) is 0 Å². The molecular formula is C16H22F3N3O2. The van der Waals surface area contributed by atoms with E-state index in [0.29, 0.717) is 18.5 Å². The van der Waals surface area contributed by atoms with Gasteiger partial charge in [0.15, 0.2) is 0 Å². The lowest BCUT2D eigenvalue weighted by Crippen LogP contribution is -2.50. The molecule has 1 fully saturated rings. The smallest absolute Gasteiger partial charge is 0.394 e. The summed E-state index contributed by atoms with van der Waals surface area (Å²) in [5, 5.41) is 14.4. The number of aliphatic hydroxyl groups is 1. The Morgan fingerprint density at radius 2 is 1.92 bits per heavy atom. The van der Waals surface area contributed by atoms with Gasteiger partial charge in [-0.3, -0.25) is 0 Å². The highest BCUT2D eigenvalue weighted by Crippen LogP contribution is 2.37. The molecule has 0 radical (unpaired) electrons. The van der Waals surface area contributed by atoms with E-state index in [-0.39, 0.29) is 12.3 Å². The molecule has 1 aliphatic rings. The Morgan fingerprint density at radius 1 is 1.29 bits per heavy atom. The van der Waals surface area contributed by atoms with Gasteiger partial charge in [-0.15, -0.1) is 0 Å². The third-order valence-electron chi connectivity index (χ3n) is 4.32. The quantitative estimate of drug-likeness (QED) is 0.785. The average Bonchev–Trinajstić information content (AvgIpc) is 2.95. The summed E-state index contributed by atoms with van der Waals surface area (Å²) in [5.41, 5.74) is -1.58. The van der Waals surface area contributed by atoms with Crippen LogP contribution in [0.4, 0.5) is 29.3 Å². The van der Waals surface area contributed by atoms with Crippen molar-refractivity contribution in [3.63, 3.8) is 0 Å². The predicted octanol–water partition coefficient (Wildman–Crippen LogP) is 3.20. The van der Waals surface area contributed by atoms with Gasteiger partial charge in [-0.25, -0.2) is 4.79 Å². The first-order chi connectivity index (χ1) is 11.2. The molecule has 2 amide bonds. The molecule has 0 heterocycles. The minimum atomic E-state index is -4.59. The number of hydrogen-bond acceptors (Lipinski definition) is 3. The van der Waals surface area contributed by atoms with Gasteiger partial charge >= 0.3 is 12.2 Å². The number of benzene rings is 1. The molecule has 5 nitrogen and oxygen atoms in total. The van der Waals surface area contributed by atoms with Crippen molar-refractivity contribution < 1.29 is 23.1 Å². The van der Waals surface area contributed by atoms with Crippen molar-refractivity contribution in [1.29, 1.82) is 0 Å². The maximum absolute atomic E-state index is 13.3. The molecule has 1 aromatic rings. The van der Waals surface area contributed by atoms with Crippen molar-refractivity contribution in [2.75, 3.05) is 30.9 Å². The number of carbonyl (C=O) groups excluding carboxylic acids is 1. The Hall–Kier alpha value is -1.96. The van der Waals surface area contributed by atoms with Crippen LogP contribution in [0.15, 0.2) is 18.2 Å². The largest absolute Gasteiger partial charge is 0.418 e. The minimum Gasteiger partial charge on any atom is -0.394 e. The molecule has 1 saturated carbocycles. The lowest BCUT2D eigenvalue weighted by Gasteiger charge is -2.28. The van der Waals surface area contributed by atoms with Gasteiger partial charge in [0.2, 0.25) is 0 Å². The summed E-state index contributed by atoms with van der Waals surface area (Å²) in [6.07, 6.45) is -1.62. The van der Waals surface area contributed by atoms with Crippen LogP contribution in [0.5, 0.6) is 0 Å². The molecule has 2 rings (SSSR count). The molecule has 0 bridgehead atoms. The number of alkyl halides is 3. The number of nitrogens with one attached hydrogen (secondary N) is 2. The van der Waals surface area contributed by atoms with Crippen molar-refractivity contribution in [3.05, 3.63) is 23.8 Å². The van der Waals surface area contributed by atoms with Gasteiger partial charge in [0.25, 0.3) is 0 Å². The van der Waals surface area contributed by atoms with Crippen LogP contribution in [0.2, 0.25) is 0 Å². The lowest BCUT2D eigenvalue weighted by atomic mass is 9.99. The van der Waals surface area contributed by atoms with Crippen LogP contribution in [0.1, 0.15) is 31.2 Å². The monoisotopic (exact) mass is 345 g/mol. The van der Waals surface area contributed by atoms with E-state index in [0.717, 1.165) is 18.9 Å². The summed E-state index contributed by atoms with van der Waals surface area (Å²) in [4.78, 5) is 13.7. The maximum atomic E-state index is 13.3. The van der Waals surface area contributed by atoms with Crippen molar-refractivity contribution in [1.82, 2.24) is 5.32 Å². The van der Waals surface area contributed by atoms with E-state index in [4.69, 9.17) is 0 Å². The highest BCUT2D eigenvalue weighted by molar-refractivity contribution is 5.91. The third kappa shape index (κ3) is 4.11. The SMILES string of the molecule is CN(C)c1ccc(NC(=O)NC2(CO)CCCC2)c(C(F)(F)F)c1. The molecule has 0 saturated heterocycles. The van der Waals surface area contributed by atoms with Gasteiger partial charge in [-0.1, -0.05) is 12.8 Å². The minimum absolute atomic E-state index is 0.230. The number of amides is 2. The van der Waals surface area contributed by atoms with Crippen molar-refractivity contribution in [2.24, 2.45) is 0 Å². The van der Waals surface area contributed by atoms with E-state index in [9.17, 15) is 23.1 Å². The third-order valence-corrected chi connectivity index (χ3v) is 4.32. The number of anilines is 2. The predicted molar refractivity (Wildman–Crippen MR) is 86.2 cm³/mol. The Labute approximate surface area is 138 Å². The summed E-state index contributed by atoms with van der Waals surface area (Å²) in [7, 11) is 3.28. The van der Waals surface area contributed by atoms with E-state index < -0.39 is 23.3 Å². The fraction of sp³-hybridized carbons (Fsp3) is 0.562. The molecule has 134 valence electrons. The molecule has 0 aliphatic heterocycles. The summed E-state index contributed by atoms with van der Waals surface area (Å²) >= 11 is 0. The Balaban J connectivity index is 2.20. The standard InChI is InChI=1S/C16H22F3N3O2/c1-22(2)11-5-6-13(12(9-11)16(17,18)19)20-14(24)21-15(10-23)7-3-4-8-15/h5-6,9,23H,3-4,7-8,10H2,1-2H3,(H2,20,21,24). The van der Waals surface area contributed by atoms with Gasteiger partial charge in [0.05, 0.1) is 23.4 Å². The zero-order chi connectivity index (χ0) is 18.0. The highest BCUT2D eigenvalue weighted by atomic mass is 19.4. The van der Waals surface area contributed by atoms with Crippen molar-refractivity contribution >= 4 is 17.4 Å². The van der Waals surface area contributed by atoms with Gasteiger partial charge in [-0.05, 0) is 31.0 Å². The van der Waals surface area contributed by atoms with Crippen LogP contribution in [-0.2, 0) is 6.18 Å². The van der Waals surface area contributed by atoms with Gasteiger partial charge in [0.1, 0.15) is 0 Å². The van der Waals surface area contributed by atoms with Gasteiger partial charge in [0, 0.05) is 19.8 Å². The number of halogens is 3. The molecule has 1 aromatic carbocycles. The zero-order valence-corrected chi connectivity index (χ0v) is 13.7. The number of rotatable bonds is 4. The molecule has 0 spiro atoms. The molecule has 0 unspecified atom stereocenters.